The summed E-state index contributed by atoms with van der Waals surface area (Å²) in [6.07, 6.45) is 0. The molecule has 0 saturated heterocycles. The molecule has 84 valence electrons. The van der Waals surface area contributed by atoms with Crippen molar-refractivity contribution in [3.05, 3.63) is 34.2 Å². The summed E-state index contributed by atoms with van der Waals surface area (Å²) in [5.41, 5.74) is 0.941. The van der Waals surface area contributed by atoms with Crippen molar-refractivity contribution in [2.45, 2.75) is 6.92 Å². The highest BCUT2D eigenvalue weighted by molar-refractivity contribution is 5.88. The van der Waals surface area contributed by atoms with Crippen LogP contribution in [0.25, 0.3) is 11.0 Å². The van der Waals surface area contributed by atoms with Crippen molar-refractivity contribution in [1.29, 1.82) is 0 Å². The number of methoxy groups -OCH3 is 2. The fraction of sp³-hybridized carbons (Fsp3) is 0.250. The number of benzene rings is 1. The van der Waals surface area contributed by atoms with E-state index in [9.17, 15) is 4.79 Å². The minimum atomic E-state index is -0.530. The van der Waals surface area contributed by atoms with E-state index in [1.165, 1.54) is 14.2 Å². The van der Waals surface area contributed by atoms with Crippen LogP contribution in [0.5, 0.6) is 11.5 Å². The highest BCUT2D eigenvalue weighted by atomic mass is 16.5. The molecule has 4 heteroatoms. The second-order valence-corrected chi connectivity index (χ2v) is 3.40. The largest absolute Gasteiger partial charge is 0.492 e. The van der Waals surface area contributed by atoms with Crippen LogP contribution < -0.4 is 15.1 Å². The minimum absolute atomic E-state index is 0.101. The number of hydrogen-bond donors (Lipinski definition) is 0. The molecule has 0 bridgehead atoms. The van der Waals surface area contributed by atoms with Gasteiger partial charge in [0.05, 0.1) is 19.6 Å². The third-order valence-corrected chi connectivity index (χ3v) is 2.46. The number of aryl methyl sites for hydroxylation is 1. The van der Waals surface area contributed by atoms with Gasteiger partial charge in [0.25, 0.3) is 0 Å². The van der Waals surface area contributed by atoms with Crippen molar-refractivity contribution in [2.75, 3.05) is 14.2 Å². The van der Waals surface area contributed by atoms with E-state index in [0.717, 1.165) is 10.9 Å². The average Bonchev–Trinajstić information content (AvgIpc) is 2.27. The normalized spacial score (nSPS) is 10.4. The molecule has 0 spiro atoms. The van der Waals surface area contributed by atoms with Gasteiger partial charge in [0.15, 0.2) is 5.75 Å². The van der Waals surface area contributed by atoms with Crippen LogP contribution >= 0.6 is 0 Å². The quantitative estimate of drug-likeness (QED) is 0.727. The third kappa shape index (κ3) is 1.43. The molecule has 0 aliphatic carbocycles. The second-order valence-electron chi connectivity index (χ2n) is 3.40. The fourth-order valence-corrected chi connectivity index (χ4v) is 1.74. The van der Waals surface area contributed by atoms with Crippen molar-refractivity contribution < 1.29 is 13.9 Å². The van der Waals surface area contributed by atoms with E-state index in [1.807, 2.05) is 19.1 Å². The molecule has 0 radical (unpaired) electrons. The lowest BCUT2D eigenvalue weighted by Gasteiger charge is -2.10. The van der Waals surface area contributed by atoms with Crippen LogP contribution in [0.2, 0.25) is 0 Å². The number of hydrogen-bond acceptors (Lipinski definition) is 4. The minimum Gasteiger partial charge on any atom is -0.492 e. The molecule has 0 N–H and O–H groups in total. The zero-order valence-corrected chi connectivity index (χ0v) is 9.37. The number of rotatable bonds is 2. The Morgan fingerprint density at radius 2 is 1.81 bits per heavy atom. The first-order valence-electron chi connectivity index (χ1n) is 4.83. The van der Waals surface area contributed by atoms with E-state index in [1.54, 1.807) is 6.07 Å². The topological polar surface area (TPSA) is 48.7 Å². The molecule has 0 amide bonds. The van der Waals surface area contributed by atoms with Gasteiger partial charge in [0.1, 0.15) is 5.58 Å². The van der Waals surface area contributed by atoms with Gasteiger partial charge in [-0.25, -0.2) is 4.79 Å². The molecule has 4 nitrogen and oxygen atoms in total. The summed E-state index contributed by atoms with van der Waals surface area (Å²) in [5, 5.41) is 0.765. The Kier molecular flexibility index (Phi) is 2.56. The van der Waals surface area contributed by atoms with Gasteiger partial charge in [-0.05, 0) is 18.6 Å². The van der Waals surface area contributed by atoms with Crippen LogP contribution in [0.4, 0.5) is 0 Å². The predicted molar refractivity (Wildman–Crippen MR) is 60.3 cm³/mol. The molecule has 0 fully saturated rings. The Morgan fingerprint density at radius 3 is 2.44 bits per heavy atom. The van der Waals surface area contributed by atoms with Gasteiger partial charge in [-0.1, -0.05) is 12.1 Å². The first kappa shape index (κ1) is 10.5. The van der Waals surface area contributed by atoms with Gasteiger partial charge in [-0.15, -0.1) is 0 Å². The molecule has 2 rings (SSSR count). The maximum atomic E-state index is 11.6. The fourth-order valence-electron chi connectivity index (χ4n) is 1.74. The molecule has 0 aliphatic rings. The molecule has 1 aromatic heterocycles. The molecule has 0 aliphatic heterocycles. The number of fused-ring (bicyclic) bond motifs is 1. The van der Waals surface area contributed by atoms with Crippen LogP contribution in [0.1, 0.15) is 5.56 Å². The number of ether oxygens (including phenoxy) is 2. The molecule has 2 aromatic rings. The zero-order valence-electron chi connectivity index (χ0n) is 9.37. The van der Waals surface area contributed by atoms with Crippen LogP contribution in [0.15, 0.2) is 27.4 Å². The van der Waals surface area contributed by atoms with E-state index in [-0.39, 0.29) is 5.75 Å². The van der Waals surface area contributed by atoms with Gasteiger partial charge in [0, 0.05) is 0 Å². The Hall–Kier alpha value is -1.97. The lowest BCUT2D eigenvalue weighted by molar-refractivity contribution is 0.338. The molecule has 1 aromatic carbocycles. The van der Waals surface area contributed by atoms with E-state index >= 15 is 0 Å². The van der Waals surface area contributed by atoms with Gasteiger partial charge in [-0.2, -0.15) is 0 Å². The molecule has 16 heavy (non-hydrogen) atoms. The molecule has 0 atom stereocenters. The van der Waals surface area contributed by atoms with Crippen LogP contribution in [0, 0.1) is 6.92 Å². The van der Waals surface area contributed by atoms with Crippen LogP contribution in [-0.4, -0.2) is 14.2 Å². The lowest BCUT2D eigenvalue weighted by Crippen LogP contribution is -2.06. The first-order valence-corrected chi connectivity index (χ1v) is 4.83. The summed E-state index contributed by atoms with van der Waals surface area (Å²) in [6, 6.07) is 5.47. The molecular weight excluding hydrogens is 208 g/mol. The second kappa shape index (κ2) is 3.89. The Labute approximate surface area is 92.4 Å². The third-order valence-electron chi connectivity index (χ3n) is 2.46. The van der Waals surface area contributed by atoms with E-state index in [2.05, 4.69) is 0 Å². The summed E-state index contributed by atoms with van der Waals surface area (Å²) >= 11 is 0. The van der Waals surface area contributed by atoms with Gasteiger partial charge >= 0.3 is 5.63 Å². The monoisotopic (exact) mass is 220 g/mol. The van der Waals surface area contributed by atoms with E-state index in [4.69, 9.17) is 13.9 Å². The van der Waals surface area contributed by atoms with Gasteiger partial charge in [-0.3, -0.25) is 0 Å². The van der Waals surface area contributed by atoms with Crippen molar-refractivity contribution in [1.82, 2.24) is 0 Å². The summed E-state index contributed by atoms with van der Waals surface area (Å²) in [7, 11) is 2.92. The van der Waals surface area contributed by atoms with Crippen molar-refractivity contribution >= 4 is 11.0 Å². The molecule has 1 heterocycles. The highest BCUT2D eigenvalue weighted by Crippen LogP contribution is 2.34. The lowest BCUT2D eigenvalue weighted by atomic mass is 10.1. The average molecular weight is 220 g/mol. The summed E-state index contributed by atoms with van der Waals surface area (Å²) in [5.74, 6) is 0.524. The predicted octanol–water partition coefficient (Wildman–Crippen LogP) is 2.12. The van der Waals surface area contributed by atoms with Crippen molar-refractivity contribution in [3.63, 3.8) is 0 Å². The molecule has 0 saturated carbocycles. The molecule has 0 unspecified atom stereocenters. The SMILES string of the molecule is COc1c(OC)c2c(C)cccc2oc1=O. The Morgan fingerprint density at radius 1 is 1.12 bits per heavy atom. The highest BCUT2D eigenvalue weighted by Gasteiger charge is 2.16. The smallest absolute Gasteiger partial charge is 0.383 e. The first-order chi connectivity index (χ1) is 7.69. The van der Waals surface area contributed by atoms with Crippen LogP contribution in [-0.2, 0) is 0 Å². The van der Waals surface area contributed by atoms with Gasteiger partial charge < -0.3 is 13.9 Å². The Balaban J connectivity index is 2.98. The van der Waals surface area contributed by atoms with E-state index < -0.39 is 5.63 Å². The summed E-state index contributed by atoms with van der Waals surface area (Å²) in [6.45, 7) is 1.92. The van der Waals surface area contributed by atoms with Crippen molar-refractivity contribution in [3.8, 4) is 11.5 Å². The maximum Gasteiger partial charge on any atom is 0.383 e. The Bertz CT molecular complexity index is 583. The van der Waals surface area contributed by atoms with Gasteiger partial charge in [0.2, 0.25) is 5.75 Å². The molecular formula is C12H12O4. The zero-order chi connectivity index (χ0) is 11.7. The summed E-state index contributed by atoms with van der Waals surface area (Å²) < 4.78 is 15.4. The van der Waals surface area contributed by atoms with Crippen molar-refractivity contribution in [2.24, 2.45) is 0 Å². The van der Waals surface area contributed by atoms with Crippen LogP contribution in [0.3, 0.4) is 0 Å². The standard InChI is InChI=1S/C12H12O4/c1-7-5-4-6-8-9(7)10(14-2)11(15-3)12(13)16-8/h4-6H,1-3H3. The van der Waals surface area contributed by atoms with E-state index in [0.29, 0.717) is 11.3 Å². The maximum absolute atomic E-state index is 11.6. The summed E-state index contributed by atoms with van der Waals surface area (Å²) in [4.78, 5) is 11.6.